The molecule has 0 unspecified atom stereocenters. The Morgan fingerprint density at radius 3 is 1.55 bits per heavy atom. The summed E-state index contributed by atoms with van der Waals surface area (Å²) in [7, 11) is 0. The predicted octanol–water partition coefficient (Wildman–Crippen LogP) is 3.67. The van der Waals surface area contributed by atoms with Gasteiger partial charge in [-0.05, 0) is 54.6 Å². The van der Waals surface area contributed by atoms with Crippen LogP contribution in [-0.2, 0) is 4.84 Å². The molecule has 0 amide bonds. The lowest BCUT2D eigenvalue weighted by atomic mass is 9.87. The minimum absolute atomic E-state index is 0.00386. The number of ether oxygens (including phenoxy) is 2. The lowest BCUT2D eigenvalue weighted by Gasteiger charge is -2.18. The molecule has 4 aromatic rings. The molecule has 0 fully saturated rings. The van der Waals surface area contributed by atoms with Crippen LogP contribution in [0.1, 0.15) is 57.4 Å². The predicted molar refractivity (Wildman–Crippen MR) is 140 cm³/mol. The van der Waals surface area contributed by atoms with Gasteiger partial charge in [0.2, 0.25) is 0 Å². The molecule has 0 bridgehead atoms. The molecule has 0 atom stereocenters. The van der Waals surface area contributed by atoms with Crippen LogP contribution in [0.4, 0.5) is 5.69 Å². The van der Waals surface area contributed by atoms with Gasteiger partial charge in [0, 0.05) is 16.8 Å². The second kappa shape index (κ2) is 11.7. The number of hydrogen-bond acceptors (Lipinski definition) is 10. The van der Waals surface area contributed by atoms with E-state index in [4.69, 9.17) is 21.1 Å². The molecule has 0 saturated carbocycles. The maximum Gasteiger partial charge on any atom is 0.358 e. The first kappa shape index (κ1) is 27.2. The van der Waals surface area contributed by atoms with Gasteiger partial charge in [0.1, 0.15) is 11.5 Å². The smallest absolute Gasteiger partial charge is 0.358 e. The topological polar surface area (TPSA) is 185 Å². The number of ketones is 1. The van der Waals surface area contributed by atoms with Crippen molar-refractivity contribution in [3.63, 3.8) is 0 Å². The molecule has 200 valence electrons. The van der Waals surface area contributed by atoms with Crippen molar-refractivity contribution in [2.75, 3.05) is 5.73 Å². The zero-order chi connectivity index (χ0) is 28.8. The van der Waals surface area contributed by atoms with Crippen LogP contribution in [-0.4, -0.2) is 34.8 Å². The summed E-state index contributed by atoms with van der Waals surface area (Å²) >= 11 is 0. The van der Waals surface area contributed by atoms with Gasteiger partial charge in [-0.15, -0.1) is 0 Å². The number of hydrogen-bond donors (Lipinski definition) is 3. The summed E-state index contributed by atoms with van der Waals surface area (Å²) in [4.78, 5) is 70.1. The van der Waals surface area contributed by atoms with E-state index in [2.05, 4.69) is 4.84 Å². The number of carbonyl (C=O) groups is 5. The molecule has 4 aromatic carbocycles. The third-order valence-corrected chi connectivity index (χ3v) is 5.60. The standard InChI is InChI=1S/C29H20N2O9/c30-17-13-11-16(12-14-17)25(32)20-15-21(26(33)34)23(29(37)40-31)24(28(36)39-19-9-5-2-6-10-19)22(20)27(35)38-18-7-3-1-4-8-18/h1-15H,30-31H2,(H,33,34). The number of para-hydroxylation sites is 2. The molecule has 5 N–H and O–H groups in total. The van der Waals surface area contributed by atoms with Gasteiger partial charge in [0.25, 0.3) is 0 Å². The molecule has 0 saturated heterocycles. The first-order valence-corrected chi connectivity index (χ1v) is 11.5. The molecule has 0 aliphatic rings. The Labute approximate surface area is 226 Å². The molecule has 0 aliphatic heterocycles. The van der Waals surface area contributed by atoms with E-state index in [-0.39, 0.29) is 17.1 Å². The molecule has 40 heavy (non-hydrogen) atoms. The van der Waals surface area contributed by atoms with Crippen LogP contribution in [0, 0.1) is 0 Å². The largest absolute Gasteiger partial charge is 0.478 e. The fourth-order valence-corrected chi connectivity index (χ4v) is 3.80. The SMILES string of the molecule is NOC(=O)c1c(C(=O)O)cc(C(=O)c2ccc(N)cc2)c(C(=O)Oc2ccccc2)c1C(=O)Oc1ccccc1. The molecular formula is C29H20N2O9. The number of carboxylic acids is 1. The highest BCUT2D eigenvalue weighted by molar-refractivity contribution is 6.22. The number of carboxylic acid groups (broad SMARTS) is 1. The molecule has 0 radical (unpaired) electrons. The first-order chi connectivity index (χ1) is 19.2. The van der Waals surface area contributed by atoms with Crippen LogP contribution in [0.5, 0.6) is 11.5 Å². The highest BCUT2D eigenvalue weighted by Gasteiger charge is 2.37. The summed E-state index contributed by atoms with van der Waals surface area (Å²) in [6.45, 7) is 0. The first-order valence-electron chi connectivity index (χ1n) is 11.5. The Kier molecular flexibility index (Phi) is 7.97. The van der Waals surface area contributed by atoms with E-state index in [0.717, 1.165) is 6.07 Å². The molecule has 11 heteroatoms. The number of anilines is 1. The Bertz CT molecular complexity index is 1620. The zero-order valence-corrected chi connectivity index (χ0v) is 20.5. The second-order valence-corrected chi connectivity index (χ2v) is 8.16. The van der Waals surface area contributed by atoms with Gasteiger partial charge in [-0.3, -0.25) is 4.79 Å². The third-order valence-electron chi connectivity index (χ3n) is 5.60. The summed E-state index contributed by atoms with van der Waals surface area (Å²) < 4.78 is 10.8. The van der Waals surface area contributed by atoms with E-state index in [1.165, 1.54) is 48.5 Å². The van der Waals surface area contributed by atoms with Crippen molar-refractivity contribution in [1.29, 1.82) is 0 Å². The van der Waals surface area contributed by atoms with Gasteiger partial charge in [0.15, 0.2) is 5.78 Å². The number of aromatic carboxylic acids is 1. The van der Waals surface area contributed by atoms with Crippen LogP contribution in [0.25, 0.3) is 0 Å². The third kappa shape index (κ3) is 5.69. The van der Waals surface area contributed by atoms with Gasteiger partial charge in [-0.1, -0.05) is 36.4 Å². The van der Waals surface area contributed by atoms with Crippen molar-refractivity contribution in [3.8, 4) is 11.5 Å². The van der Waals surface area contributed by atoms with Crippen LogP contribution < -0.4 is 21.1 Å². The summed E-state index contributed by atoms with van der Waals surface area (Å²) in [6, 6.07) is 21.5. The van der Waals surface area contributed by atoms with Crippen molar-refractivity contribution >= 4 is 35.3 Å². The summed E-state index contributed by atoms with van der Waals surface area (Å²) in [5.41, 5.74) is 2.10. The van der Waals surface area contributed by atoms with Crippen molar-refractivity contribution in [3.05, 3.63) is 124 Å². The number of benzene rings is 4. The van der Waals surface area contributed by atoms with E-state index in [1.807, 2.05) is 0 Å². The van der Waals surface area contributed by atoms with Crippen LogP contribution in [0.15, 0.2) is 91.0 Å². The number of carbonyl (C=O) groups excluding carboxylic acids is 4. The van der Waals surface area contributed by atoms with Gasteiger partial charge < -0.3 is 25.2 Å². The Balaban J connectivity index is 2.04. The van der Waals surface area contributed by atoms with Gasteiger partial charge >= 0.3 is 23.9 Å². The van der Waals surface area contributed by atoms with E-state index in [0.29, 0.717) is 5.69 Å². The zero-order valence-electron chi connectivity index (χ0n) is 20.5. The van der Waals surface area contributed by atoms with Crippen molar-refractivity contribution in [1.82, 2.24) is 0 Å². The number of nitrogens with two attached hydrogens (primary N) is 2. The van der Waals surface area contributed by atoms with Crippen molar-refractivity contribution in [2.24, 2.45) is 5.90 Å². The average Bonchev–Trinajstić information content (AvgIpc) is 2.96. The monoisotopic (exact) mass is 540 g/mol. The van der Waals surface area contributed by atoms with E-state index >= 15 is 0 Å². The maximum absolute atomic E-state index is 13.7. The van der Waals surface area contributed by atoms with E-state index in [9.17, 15) is 29.1 Å². The van der Waals surface area contributed by atoms with Crippen molar-refractivity contribution < 1.29 is 43.4 Å². The van der Waals surface area contributed by atoms with Gasteiger partial charge in [-0.25, -0.2) is 19.2 Å². The van der Waals surface area contributed by atoms with Gasteiger partial charge in [0.05, 0.1) is 22.3 Å². The summed E-state index contributed by atoms with van der Waals surface area (Å²) in [5, 5.41) is 9.94. The number of esters is 2. The second-order valence-electron chi connectivity index (χ2n) is 8.16. The molecule has 0 spiro atoms. The molecule has 0 aliphatic carbocycles. The van der Waals surface area contributed by atoms with Crippen LogP contribution >= 0.6 is 0 Å². The molecular weight excluding hydrogens is 520 g/mol. The Morgan fingerprint density at radius 2 is 1.07 bits per heavy atom. The normalized spacial score (nSPS) is 10.3. The molecule has 4 rings (SSSR count). The molecule has 11 nitrogen and oxygen atoms in total. The van der Waals surface area contributed by atoms with Gasteiger partial charge in [-0.2, -0.15) is 5.90 Å². The number of nitrogen functional groups attached to an aromatic ring is 1. The lowest BCUT2D eigenvalue weighted by Crippen LogP contribution is -2.28. The Morgan fingerprint density at radius 1 is 0.600 bits per heavy atom. The Hall–Kier alpha value is -5.81. The van der Waals surface area contributed by atoms with E-state index < -0.39 is 57.5 Å². The fourth-order valence-electron chi connectivity index (χ4n) is 3.80. The quantitative estimate of drug-likeness (QED) is 0.0973. The number of rotatable bonds is 8. The van der Waals surface area contributed by atoms with Crippen LogP contribution in [0.2, 0.25) is 0 Å². The fraction of sp³-hybridized carbons (Fsp3) is 0. The maximum atomic E-state index is 13.7. The van der Waals surface area contributed by atoms with Crippen LogP contribution in [0.3, 0.4) is 0 Å². The van der Waals surface area contributed by atoms with Crippen molar-refractivity contribution in [2.45, 2.75) is 0 Å². The highest BCUT2D eigenvalue weighted by atomic mass is 16.7. The summed E-state index contributed by atoms with van der Waals surface area (Å²) in [5.74, 6) is -1.58. The molecule has 0 aromatic heterocycles. The lowest BCUT2D eigenvalue weighted by molar-refractivity contribution is 0.0484. The summed E-state index contributed by atoms with van der Waals surface area (Å²) in [6.07, 6.45) is 0. The minimum Gasteiger partial charge on any atom is -0.478 e. The average molecular weight is 540 g/mol. The molecule has 0 heterocycles. The minimum atomic E-state index is -1.72. The highest BCUT2D eigenvalue weighted by Crippen LogP contribution is 2.30. The van der Waals surface area contributed by atoms with E-state index in [1.54, 1.807) is 36.4 Å².